The number of nitrogens with two attached hydrogens (primary N) is 1. The Morgan fingerprint density at radius 2 is 2.12 bits per heavy atom. The summed E-state index contributed by atoms with van der Waals surface area (Å²) < 4.78 is 5.47. The molecular weight excluding hydrogens is 324 g/mol. The molecule has 0 bridgehead atoms. The molecule has 134 valence electrons. The lowest BCUT2D eigenvalue weighted by Gasteiger charge is -2.34. The SMILES string of the molecule is CC(C)CCNC(N)=NCC(c1cccc(Cl)c1)N1CCOCC1. The molecule has 0 radical (unpaired) electrons. The van der Waals surface area contributed by atoms with Crippen LogP contribution in [0, 0.1) is 5.92 Å². The van der Waals surface area contributed by atoms with Gasteiger partial charge in [0.05, 0.1) is 25.8 Å². The first kappa shape index (κ1) is 19.0. The highest BCUT2D eigenvalue weighted by molar-refractivity contribution is 6.30. The summed E-state index contributed by atoms with van der Waals surface area (Å²) in [5.74, 6) is 1.16. The van der Waals surface area contributed by atoms with E-state index in [2.05, 4.69) is 35.1 Å². The van der Waals surface area contributed by atoms with Crippen molar-refractivity contribution in [3.63, 3.8) is 0 Å². The first-order valence-corrected chi connectivity index (χ1v) is 9.05. The Labute approximate surface area is 150 Å². The predicted molar refractivity (Wildman–Crippen MR) is 101 cm³/mol. The van der Waals surface area contributed by atoms with Gasteiger partial charge in [-0.1, -0.05) is 37.6 Å². The van der Waals surface area contributed by atoms with E-state index in [9.17, 15) is 0 Å². The van der Waals surface area contributed by atoms with E-state index in [-0.39, 0.29) is 6.04 Å². The average Bonchev–Trinajstić information content (AvgIpc) is 2.56. The Kier molecular flexibility index (Phi) is 7.82. The predicted octanol–water partition coefficient (Wildman–Crippen LogP) is 2.66. The molecule has 1 fully saturated rings. The molecule has 1 saturated heterocycles. The smallest absolute Gasteiger partial charge is 0.188 e. The highest BCUT2D eigenvalue weighted by Gasteiger charge is 2.22. The Bertz CT molecular complexity index is 530. The van der Waals surface area contributed by atoms with Crippen LogP contribution in [-0.2, 0) is 4.74 Å². The van der Waals surface area contributed by atoms with Crippen molar-refractivity contribution in [2.75, 3.05) is 39.4 Å². The number of hydrogen-bond donors (Lipinski definition) is 2. The third kappa shape index (κ3) is 6.30. The molecule has 0 saturated carbocycles. The first-order valence-electron chi connectivity index (χ1n) is 8.67. The Hall–Kier alpha value is -1.30. The van der Waals surface area contributed by atoms with Gasteiger partial charge in [0.2, 0.25) is 0 Å². The molecule has 0 spiro atoms. The van der Waals surface area contributed by atoms with Crippen LogP contribution in [0.3, 0.4) is 0 Å². The van der Waals surface area contributed by atoms with E-state index in [1.807, 2.05) is 18.2 Å². The number of hydrogen-bond acceptors (Lipinski definition) is 3. The Balaban J connectivity index is 2.02. The van der Waals surface area contributed by atoms with Gasteiger partial charge in [0, 0.05) is 24.7 Å². The fraction of sp³-hybridized carbons (Fsp3) is 0.611. The fourth-order valence-electron chi connectivity index (χ4n) is 2.76. The van der Waals surface area contributed by atoms with Gasteiger partial charge in [0.1, 0.15) is 0 Å². The number of guanidine groups is 1. The fourth-order valence-corrected chi connectivity index (χ4v) is 2.96. The minimum Gasteiger partial charge on any atom is -0.379 e. The van der Waals surface area contributed by atoms with Crippen molar-refractivity contribution in [2.24, 2.45) is 16.6 Å². The molecule has 2 rings (SSSR count). The molecule has 0 aromatic heterocycles. The van der Waals surface area contributed by atoms with Crippen LogP contribution in [0.1, 0.15) is 31.9 Å². The van der Waals surface area contributed by atoms with E-state index < -0.39 is 0 Å². The highest BCUT2D eigenvalue weighted by atomic mass is 35.5. The lowest BCUT2D eigenvalue weighted by Crippen LogP contribution is -2.41. The van der Waals surface area contributed by atoms with Gasteiger partial charge < -0.3 is 15.8 Å². The molecular formula is C18H29ClN4O. The van der Waals surface area contributed by atoms with Crippen LogP contribution in [0.15, 0.2) is 29.3 Å². The van der Waals surface area contributed by atoms with E-state index >= 15 is 0 Å². The van der Waals surface area contributed by atoms with Crippen molar-refractivity contribution >= 4 is 17.6 Å². The zero-order valence-corrected chi connectivity index (χ0v) is 15.4. The molecule has 6 heteroatoms. The van der Waals surface area contributed by atoms with Crippen LogP contribution >= 0.6 is 11.6 Å². The topological polar surface area (TPSA) is 62.9 Å². The standard InChI is InChI=1S/C18H29ClN4O/c1-14(2)6-7-21-18(20)22-13-17(23-8-10-24-11-9-23)15-4-3-5-16(19)12-15/h3-5,12,14,17H,6-11,13H2,1-2H3,(H3,20,21,22). The second-order valence-corrected chi connectivity index (χ2v) is 6.99. The maximum atomic E-state index is 6.17. The molecule has 1 unspecified atom stereocenters. The zero-order chi connectivity index (χ0) is 17.4. The largest absolute Gasteiger partial charge is 0.379 e. The summed E-state index contributed by atoms with van der Waals surface area (Å²) in [7, 11) is 0. The molecule has 1 atom stereocenters. The van der Waals surface area contributed by atoms with Gasteiger partial charge in [-0.3, -0.25) is 9.89 Å². The van der Waals surface area contributed by atoms with Crippen molar-refractivity contribution < 1.29 is 4.74 Å². The maximum absolute atomic E-state index is 6.17. The van der Waals surface area contributed by atoms with Crippen LogP contribution in [-0.4, -0.2) is 50.3 Å². The number of benzene rings is 1. The minimum absolute atomic E-state index is 0.165. The molecule has 1 aliphatic rings. The molecule has 3 N–H and O–H groups in total. The number of ether oxygens (including phenoxy) is 1. The second kappa shape index (κ2) is 9.87. The zero-order valence-electron chi connectivity index (χ0n) is 14.7. The lowest BCUT2D eigenvalue weighted by atomic mass is 10.0. The number of nitrogens with zero attached hydrogens (tertiary/aromatic N) is 2. The van der Waals surface area contributed by atoms with E-state index in [4.69, 9.17) is 22.1 Å². The maximum Gasteiger partial charge on any atom is 0.188 e. The quantitative estimate of drug-likeness (QED) is 0.585. The van der Waals surface area contributed by atoms with Gasteiger partial charge in [0.15, 0.2) is 5.96 Å². The normalized spacial score (nSPS) is 17.9. The molecule has 5 nitrogen and oxygen atoms in total. The molecule has 1 aromatic carbocycles. The summed E-state index contributed by atoms with van der Waals surface area (Å²) in [6.45, 7) is 9.16. The number of halogens is 1. The summed E-state index contributed by atoms with van der Waals surface area (Å²) in [5, 5.41) is 3.94. The van der Waals surface area contributed by atoms with Crippen molar-refractivity contribution in [3.8, 4) is 0 Å². The molecule has 24 heavy (non-hydrogen) atoms. The van der Waals surface area contributed by atoms with Gasteiger partial charge >= 0.3 is 0 Å². The van der Waals surface area contributed by atoms with Gasteiger partial charge in [-0.15, -0.1) is 0 Å². The molecule has 1 aliphatic heterocycles. The third-order valence-corrected chi connectivity index (χ3v) is 4.42. The van der Waals surface area contributed by atoms with Crippen LogP contribution in [0.25, 0.3) is 0 Å². The van der Waals surface area contributed by atoms with Crippen LogP contribution in [0.4, 0.5) is 0 Å². The highest BCUT2D eigenvalue weighted by Crippen LogP contribution is 2.24. The van der Waals surface area contributed by atoms with Crippen LogP contribution < -0.4 is 11.1 Å². The van der Waals surface area contributed by atoms with Crippen molar-refractivity contribution in [1.29, 1.82) is 0 Å². The van der Waals surface area contributed by atoms with Crippen molar-refractivity contribution in [2.45, 2.75) is 26.3 Å². The molecule has 0 aliphatic carbocycles. The van der Waals surface area contributed by atoms with E-state index in [0.717, 1.165) is 44.3 Å². The summed E-state index contributed by atoms with van der Waals surface area (Å²) in [6.07, 6.45) is 1.08. The van der Waals surface area contributed by atoms with Gasteiger partial charge in [-0.05, 0) is 30.0 Å². The average molecular weight is 353 g/mol. The van der Waals surface area contributed by atoms with Crippen molar-refractivity contribution in [3.05, 3.63) is 34.9 Å². The van der Waals surface area contributed by atoms with Crippen LogP contribution in [0.5, 0.6) is 0 Å². The van der Waals surface area contributed by atoms with Gasteiger partial charge in [-0.2, -0.15) is 0 Å². The van der Waals surface area contributed by atoms with E-state index in [1.54, 1.807) is 0 Å². The van der Waals surface area contributed by atoms with Crippen LogP contribution in [0.2, 0.25) is 5.02 Å². The monoisotopic (exact) mass is 352 g/mol. The van der Waals surface area contributed by atoms with Gasteiger partial charge in [0.25, 0.3) is 0 Å². The lowest BCUT2D eigenvalue weighted by molar-refractivity contribution is 0.0180. The molecule has 1 heterocycles. The second-order valence-electron chi connectivity index (χ2n) is 6.55. The third-order valence-electron chi connectivity index (χ3n) is 4.18. The summed E-state index contributed by atoms with van der Waals surface area (Å²) >= 11 is 6.17. The number of rotatable bonds is 7. The Morgan fingerprint density at radius 1 is 1.38 bits per heavy atom. The summed E-state index contributed by atoms with van der Waals surface area (Å²) in [4.78, 5) is 6.95. The summed E-state index contributed by atoms with van der Waals surface area (Å²) in [6, 6.07) is 8.16. The van der Waals surface area contributed by atoms with E-state index in [1.165, 1.54) is 5.56 Å². The summed E-state index contributed by atoms with van der Waals surface area (Å²) in [5.41, 5.74) is 7.18. The number of aliphatic imine (C=N–C) groups is 1. The first-order chi connectivity index (χ1) is 11.6. The molecule has 1 aromatic rings. The van der Waals surface area contributed by atoms with Gasteiger partial charge in [-0.25, -0.2) is 0 Å². The Morgan fingerprint density at radius 3 is 2.79 bits per heavy atom. The van der Waals surface area contributed by atoms with Crippen molar-refractivity contribution in [1.82, 2.24) is 10.2 Å². The number of morpholine rings is 1. The van der Waals surface area contributed by atoms with E-state index in [0.29, 0.717) is 18.4 Å². The number of nitrogens with one attached hydrogen (secondary N) is 1. The molecule has 0 amide bonds. The minimum atomic E-state index is 0.165.